The summed E-state index contributed by atoms with van der Waals surface area (Å²) >= 11 is 0. The fraction of sp³-hybridized carbons (Fsp3) is 0.304. The van der Waals surface area contributed by atoms with Gasteiger partial charge >= 0.3 is 0 Å². The third kappa shape index (κ3) is 4.30. The minimum Gasteiger partial charge on any atom is -0.395 e. The molecule has 1 aromatic carbocycles. The second-order valence-corrected chi connectivity index (χ2v) is 7.23. The Kier molecular flexibility index (Phi) is 6.28. The summed E-state index contributed by atoms with van der Waals surface area (Å²) in [6.07, 6.45) is 10.1. The maximum atomic E-state index is 9.87. The number of rotatable bonds is 7. The standard InChI is InChI=1S/C23H24N6O/c24-13-19-18(16-5-2-1-3-6-16)7-4-8-20(19)29-23-22-21(9-10-26-23)28-17(15-27-22)14-25-11-12-30/h4-5,7-10,15,25,30H,1-3,6,11-12,14H2,(H,26,29). The summed E-state index contributed by atoms with van der Waals surface area (Å²) < 4.78 is 0. The molecule has 0 spiro atoms. The molecule has 4 rings (SSSR count). The van der Waals surface area contributed by atoms with E-state index in [0.29, 0.717) is 30.0 Å². The summed E-state index contributed by atoms with van der Waals surface area (Å²) in [7, 11) is 0. The van der Waals surface area contributed by atoms with E-state index in [4.69, 9.17) is 5.11 Å². The first-order valence-corrected chi connectivity index (χ1v) is 10.2. The Hall–Kier alpha value is -3.34. The lowest BCUT2D eigenvalue weighted by Crippen LogP contribution is -2.18. The van der Waals surface area contributed by atoms with Crippen molar-refractivity contribution in [1.29, 1.82) is 5.26 Å². The van der Waals surface area contributed by atoms with Crippen LogP contribution in [-0.2, 0) is 6.54 Å². The van der Waals surface area contributed by atoms with Crippen molar-refractivity contribution in [2.75, 3.05) is 18.5 Å². The van der Waals surface area contributed by atoms with Gasteiger partial charge in [-0.05, 0) is 49.0 Å². The molecule has 2 heterocycles. The Morgan fingerprint density at radius 2 is 2.10 bits per heavy atom. The summed E-state index contributed by atoms with van der Waals surface area (Å²) in [6.45, 7) is 1.12. The monoisotopic (exact) mass is 400 g/mol. The van der Waals surface area contributed by atoms with Crippen molar-refractivity contribution in [3.63, 3.8) is 0 Å². The van der Waals surface area contributed by atoms with Crippen LogP contribution in [0.3, 0.4) is 0 Å². The van der Waals surface area contributed by atoms with Crippen molar-refractivity contribution < 1.29 is 5.11 Å². The molecule has 0 fully saturated rings. The number of nitrogens with one attached hydrogen (secondary N) is 2. The highest BCUT2D eigenvalue weighted by Crippen LogP contribution is 2.33. The van der Waals surface area contributed by atoms with E-state index in [1.54, 1.807) is 12.4 Å². The topological polar surface area (TPSA) is 107 Å². The Morgan fingerprint density at radius 1 is 1.17 bits per heavy atom. The Balaban J connectivity index is 1.66. The molecule has 0 bridgehead atoms. The van der Waals surface area contributed by atoms with E-state index in [1.165, 1.54) is 12.0 Å². The van der Waals surface area contributed by atoms with E-state index in [2.05, 4.69) is 37.7 Å². The van der Waals surface area contributed by atoms with Crippen LogP contribution in [0.2, 0.25) is 0 Å². The molecule has 2 aromatic heterocycles. The van der Waals surface area contributed by atoms with Crippen LogP contribution in [0.25, 0.3) is 16.6 Å². The van der Waals surface area contributed by atoms with E-state index in [1.807, 2.05) is 24.3 Å². The molecule has 152 valence electrons. The Labute approximate surface area is 175 Å². The van der Waals surface area contributed by atoms with Crippen molar-refractivity contribution in [2.45, 2.75) is 32.2 Å². The molecule has 0 saturated carbocycles. The molecule has 7 heteroatoms. The van der Waals surface area contributed by atoms with Gasteiger partial charge in [0, 0.05) is 19.3 Å². The molecule has 3 aromatic rings. The molecular formula is C23H24N6O. The Bertz CT molecular complexity index is 1120. The van der Waals surface area contributed by atoms with E-state index >= 15 is 0 Å². The summed E-state index contributed by atoms with van der Waals surface area (Å²) in [5.41, 5.74) is 5.74. The number of hydrogen-bond acceptors (Lipinski definition) is 7. The normalized spacial score (nSPS) is 13.7. The van der Waals surface area contributed by atoms with Crippen LogP contribution in [0.1, 0.15) is 42.5 Å². The molecular weight excluding hydrogens is 376 g/mol. The van der Waals surface area contributed by atoms with Crippen LogP contribution >= 0.6 is 0 Å². The van der Waals surface area contributed by atoms with Crippen molar-refractivity contribution in [1.82, 2.24) is 20.3 Å². The van der Waals surface area contributed by atoms with Crippen LogP contribution in [0.4, 0.5) is 11.5 Å². The maximum Gasteiger partial charge on any atom is 0.158 e. The maximum absolute atomic E-state index is 9.87. The van der Waals surface area contributed by atoms with Gasteiger partial charge in [0.15, 0.2) is 5.82 Å². The van der Waals surface area contributed by atoms with Crippen LogP contribution < -0.4 is 10.6 Å². The van der Waals surface area contributed by atoms with Gasteiger partial charge in [-0.1, -0.05) is 18.2 Å². The number of pyridine rings is 1. The molecule has 1 aliphatic carbocycles. The predicted molar refractivity (Wildman–Crippen MR) is 117 cm³/mol. The van der Waals surface area contributed by atoms with E-state index in [9.17, 15) is 5.26 Å². The minimum atomic E-state index is 0.0796. The SMILES string of the molecule is N#Cc1c(Nc2nccc3nc(CNCCO)cnc23)cccc1C1=CCCCC1. The van der Waals surface area contributed by atoms with E-state index < -0.39 is 0 Å². The zero-order valence-electron chi connectivity index (χ0n) is 16.7. The molecule has 0 unspecified atom stereocenters. The quantitative estimate of drug-likeness (QED) is 0.519. The second kappa shape index (κ2) is 9.44. The number of aliphatic hydroxyl groups excluding tert-OH is 1. The number of aliphatic hydroxyl groups is 1. The van der Waals surface area contributed by atoms with Gasteiger partial charge in [-0.3, -0.25) is 0 Å². The lowest BCUT2D eigenvalue weighted by atomic mass is 9.90. The highest BCUT2D eigenvalue weighted by atomic mass is 16.3. The number of allylic oxidation sites excluding steroid dienone is 2. The molecule has 0 amide bonds. The van der Waals surface area contributed by atoms with Gasteiger partial charge in [0.2, 0.25) is 0 Å². The van der Waals surface area contributed by atoms with E-state index in [-0.39, 0.29) is 6.61 Å². The van der Waals surface area contributed by atoms with Crippen molar-refractivity contribution in [3.8, 4) is 6.07 Å². The van der Waals surface area contributed by atoms with Gasteiger partial charge in [-0.2, -0.15) is 5.26 Å². The first kappa shape index (κ1) is 20.0. The predicted octanol–water partition coefficient (Wildman–Crippen LogP) is 3.68. The average molecular weight is 400 g/mol. The average Bonchev–Trinajstić information content (AvgIpc) is 2.80. The molecule has 30 heavy (non-hydrogen) atoms. The van der Waals surface area contributed by atoms with Crippen LogP contribution in [0.15, 0.2) is 42.7 Å². The zero-order chi connectivity index (χ0) is 20.8. The Morgan fingerprint density at radius 3 is 2.90 bits per heavy atom. The van der Waals surface area contributed by atoms with Gasteiger partial charge < -0.3 is 15.7 Å². The summed E-state index contributed by atoms with van der Waals surface area (Å²) in [6, 6.07) is 10.1. The fourth-order valence-electron chi connectivity index (χ4n) is 3.71. The molecule has 7 nitrogen and oxygen atoms in total. The van der Waals surface area contributed by atoms with Crippen molar-refractivity contribution >= 4 is 28.1 Å². The van der Waals surface area contributed by atoms with Gasteiger partial charge in [-0.15, -0.1) is 0 Å². The highest BCUT2D eigenvalue weighted by molar-refractivity contribution is 5.88. The van der Waals surface area contributed by atoms with Gasteiger partial charge in [-0.25, -0.2) is 15.0 Å². The van der Waals surface area contributed by atoms with Gasteiger partial charge in [0.25, 0.3) is 0 Å². The molecule has 1 aliphatic rings. The third-order valence-corrected chi connectivity index (χ3v) is 5.17. The molecule has 3 N–H and O–H groups in total. The summed E-state index contributed by atoms with van der Waals surface area (Å²) in [5.74, 6) is 0.571. The number of benzene rings is 1. The number of aromatic nitrogens is 3. The van der Waals surface area contributed by atoms with Crippen LogP contribution in [0, 0.1) is 11.3 Å². The van der Waals surface area contributed by atoms with Gasteiger partial charge in [0.1, 0.15) is 11.6 Å². The third-order valence-electron chi connectivity index (χ3n) is 5.17. The smallest absolute Gasteiger partial charge is 0.158 e. The van der Waals surface area contributed by atoms with Crippen molar-refractivity contribution in [2.24, 2.45) is 0 Å². The minimum absolute atomic E-state index is 0.0796. The first-order valence-electron chi connectivity index (χ1n) is 10.2. The first-order chi connectivity index (χ1) is 14.8. The number of hydrogen-bond donors (Lipinski definition) is 3. The van der Waals surface area contributed by atoms with Crippen LogP contribution in [-0.4, -0.2) is 33.2 Å². The molecule has 0 aliphatic heterocycles. The number of anilines is 2. The molecule has 0 radical (unpaired) electrons. The largest absolute Gasteiger partial charge is 0.395 e. The lowest BCUT2D eigenvalue weighted by Gasteiger charge is -2.17. The fourth-order valence-corrected chi connectivity index (χ4v) is 3.71. The van der Waals surface area contributed by atoms with Crippen molar-refractivity contribution in [3.05, 3.63) is 59.6 Å². The van der Waals surface area contributed by atoms with Crippen LogP contribution in [0.5, 0.6) is 0 Å². The summed E-state index contributed by atoms with van der Waals surface area (Å²) in [5, 5.41) is 25.2. The number of nitrogens with zero attached hydrogens (tertiary/aromatic N) is 4. The molecule has 0 saturated heterocycles. The zero-order valence-corrected chi connectivity index (χ0v) is 16.7. The number of fused-ring (bicyclic) bond motifs is 1. The van der Waals surface area contributed by atoms with Gasteiger partial charge in [0.05, 0.1) is 35.3 Å². The number of nitriles is 1. The summed E-state index contributed by atoms with van der Waals surface area (Å²) in [4.78, 5) is 13.6. The lowest BCUT2D eigenvalue weighted by molar-refractivity contribution is 0.291. The highest BCUT2D eigenvalue weighted by Gasteiger charge is 2.15. The molecule has 0 atom stereocenters. The van der Waals surface area contributed by atoms with E-state index in [0.717, 1.165) is 41.7 Å². The second-order valence-electron chi connectivity index (χ2n) is 7.23.